The van der Waals surface area contributed by atoms with E-state index in [0.29, 0.717) is 0 Å². The fraction of sp³-hybridized carbons (Fsp3) is 0.438. The van der Waals surface area contributed by atoms with Crippen LogP contribution in [-0.2, 0) is 6.42 Å². The first kappa shape index (κ1) is 13.0. The van der Waals surface area contributed by atoms with Crippen molar-refractivity contribution in [1.82, 2.24) is 15.0 Å². The van der Waals surface area contributed by atoms with Crippen molar-refractivity contribution in [2.24, 2.45) is 5.92 Å². The Morgan fingerprint density at radius 1 is 1.30 bits per heavy atom. The minimum absolute atomic E-state index is 0.736. The Morgan fingerprint density at radius 2 is 2.20 bits per heavy atom. The van der Waals surface area contributed by atoms with Gasteiger partial charge in [0.1, 0.15) is 11.5 Å². The van der Waals surface area contributed by atoms with Crippen LogP contribution < -0.4 is 4.90 Å². The largest absolute Gasteiger partial charge is 0.356 e. The highest BCUT2D eigenvalue weighted by Gasteiger charge is 2.21. The lowest BCUT2D eigenvalue weighted by Gasteiger charge is -2.18. The van der Waals surface area contributed by atoms with Gasteiger partial charge in [0.25, 0.3) is 0 Å². The maximum absolute atomic E-state index is 4.72. The lowest BCUT2D eigenvalue weighted by Crippen LogP contribution is -2.21. The van der Waals surface area contributed by atoms with Gasteiger partial charge in [-0.15, -0.1) is 0 Å². The van der Waals surface area contributed by atoms with Crippen molar-refractivity contribution >= 4 is 5.82 Å². The zero-order chi connectivity index (χ0) is 13.9. The summed E-state index contributed by atoms with van der Waals surface area (Å²) < 4.78 is 0. The molecule has 4 heteroatoms. The highest BCUT2D eigenvalue weighted by molar-refractivity contribution is 5.54. The number of aromatic nitrogens is 3. The van der Waals surface area contributed by atoms with E-state index < -0.39 is 0 Å². The van der Waals surface area contributed by atoms with E-state index in [2.05, 4.69) is 34.8 Å². The van der Waals surface area contributed by atoms with Crippen LogP contribution in [-0.4, -0.2) is 28.0 Å². The molecule has 0 radical (unpaired) electrons. The Hall–Kier alpha value is -1.97. The summed E-state index contributed by atoms with van der Waals surface area (Å²) in [6.45, 7) is 6.59. The molecule has 1 fully saturated rings. The molecule has 1 unspecified atom stereocenters. The van der Waals surface area contributed by atoms with Gasteiger partial charge in [-0.2, -0.15) is 0 Å². The highest BCUT2D eigenvalue weighted by Crippen LogP contribution is 2.24. The molecule has 1 atom stereocenters. The van der Waals surface area contributed by atoms with E-state index in [1.165, 1.54) is 6.42 Å². The van der Waals surface area contributed by atoms with Crippen molar-refractivity contribution in [3.05, 3.63) is 36.2 Å². The fourth-order valence-electron chi connectivity index (χ4n) is 2.58. The minimum Gasteiger partial charge on any atom is -0.356 e. The number of hydrogen-bond acceptors (Lipinski definition) is 4. The van der Waals surface area contributed by atoms with E-state index in [4.69, 9.17) is 4.98 Å². The molecule has 0 bridgehead atoms. The summed E-state index contributed by atoms with van der Waals surface area (Å²) in [7, 11) is 0. The highest BCUT2D eigenvalue weighted by atomic mass is 15.2. The van der Waals surface area contributed by atoms with Crippen molar-refractivity contribution in [1.29, 1.82) is 0 Å². The van der Waals surface area contributed by atoms with Gasteiger partial charge >= 0.3 is 0 Å². The second-order valence-electron chi connectivity index (χ2n) is 5.45. The SMILES string of the molecule is CCc1cc(N2CCC(C)C2)nc(-c2ccccn2)n1. The number of anilines is 1. The molecule has 3 rings (SSSR count). The van der Waals surface area contributed by atoms with Gasteiger partial charge in [0.05, 0.1) is 0 Å². The molecule has 0 saturated carbocycles. The topological polar surface area (TPSA) is 41.9 Å². The van der Waals surface area contributed by atoms with Crippen molar-refractivity contribution in [3.8, 4) is 11.5 Å². The standard InChI is InChI=1S/C16H20N4/c1-3-13-10-15(20-9-7-12(2)11-20)19-16(18-13)14-6-4-5-8-17-14/h4-6,8,10,12H,3,7,9,11H2,1-2H3. The molecule has 2 aromatic heterocycles. The summed E-state index contributed by atoms with van der Waals surface area (Å²) in [5, 5.41) is 0. The molecule has 0 aromatic carbocycles. The van der Waals surface area contributed by atoms with Crippen LogP contribution in [0.25, 0.3) is 11.5 Å². The lowest BCUT2D eigenvalue weighted by atomic mass is 10.2. The molecule has 0 N–H and O–H groups in total. The summed E-state index contributed by atoms with van der Waals surface area (Å²) in [5.41, 5.74) is 1.92. The molecule has 1 aliphatic heterocycles. The summed E-state index contributed by atoms with van der Waals surface area (Å²) >= 11 is 0. The molecule has 0 amide bonds. The van der Waals surface area contributed by atoms with Gasteiger partial charge in [0.2, 0.25) is 0 Å². The Labute approximate surface area is 119 Å². The first-order chi connectivity index (χ1) is 9.76. The van der Waals surface area contributed by atoms with Gasteiger partial charge in [-0.3, -0.25) is 4.98 Å². The van der Waals surface area contributed by atoms with Crippen molar-refractivity contribution < 1.29 is 0 Å². The Balaban J connectivity index is 1.99. The van der Waals surface area contributed by atoms with E-state index >= 15 is 0 Å². The first-order valence-electron chi connectivity index (χ1n) is 7.30. The minimum atomic E-state index is 0.736. The predicted molar refractivity (Wildman–Crippen MR) is 80.6 cm³/mol. The van der Waals surface area contributed by atoms with Crippen LogP contribution in [0, 0.1) is 5.92 Å². The van der Waals surface area contributed by atoms with Crippen LogP contribution in [0.5, 0.6) is 0 Å². The van der Waals surface area contributed by atoms with Gasteiger partial charge in [-0.1, -0.05) is 19.9 Å². The molecule has 0 spiro atoms. The molecule has 3 heterocycles. The molecular weight excluding hydrogens is 248 g/mol. The van der Waals surface area contributed by atoms with Crippen molar-refractivity contribution in [2.75, 3.05) is 18.0 Å². The average Bonchev–Trinajstić information content (AvgIpc) is 2.94. The van der Waals surface area contributed by atoms with Crippen LogP contribution in [0.3, 0.4) is 0 Å². The van der Waals surface area contributed by atoms with Gasteiger partial charge in [0, 0.05) is 31.0 Å². The van der Waals surface area contributed by atoms with Crippen LogP contribution >= 0.6 is 0 Å². The van der Waals surface area contributed by atoms with Gasteiger partial charge in [-0.05, 0) is 30.9 Å². The normalized spacial score (nSPS) is 18.5. The third kappa shape index (κ3) is 2.64. The molecule has 2 aromatic rings. The zero-order valence-electron chi connectivity index (χ0n) is 12.1. The van der Waals surface area contributed by atoms with Crippen LogP contribution in [0.15, 0.2) is 30.5 Å². The number of nitrogens with zero attached hydrogens (tertiary/aromatic N) is 4. The van der Waals surface area contributed by atoms with Gasteiger partial charge < -0.3 is 4.90 Å². The van der Waals surface area contributed by atoms with Crippen molar-refractivity contribution in [3.63, 3.8) is 0 Å². The lowest BCUT2D eigenvalue weighted by molar-refractivity contribution is 0.658. The van der Waals surface area contributed by atoms with Crippen molar-refractivity contribution in [2.45, 2.75) is 26.7 Å². The summed E-state index contributed by atoms with van der Waals surface area (Å²) in [6.07, 6.45) is 3.94. The monoisotopic (exact) mass is 268 g/mol. The second kappa shape index (κ2) is 5.57. The third-order valence-electron chi connectivity index (χ3n) is 3.77. The Morgan fingerprint density at radius 3 is 2.85 bits per heavy atom. The Kier molecular flexibility index (Phi) is 3.63. The summed E-state index contributed by atoms with van der Waals surface area (Å²) in [4.78, 5) is 16.1. The second-order valence-corrected chi connectivity index (χ2v) is 5.45. The van der Waals surface area contributed by atoms with Crippen LogP contribution in [0.4, 0.5) is 5.82 Å². The third-order valence-corrected chi connectivity index (χ3v) is 3.77. The molecule has 1 saturated heterocycles. The maximum Gasteiger partial charge on any atom is 0.180 e. The molecule has 1 aliphatic rings. The number of rotatable bonds is 3. The van der Waals surface area contributed by atoms with Gasteiger partial charge in [0.15, 0.2) is 5.82 Å². The van der Waals surface area contributed by atoms with E-state index in [9.17, 15) is 0 Å². The van der Waals surface area contributed by atoms with E-state index in [1.807, 2.05) is 18.2 Å². The Bertz CT molecular complexity index is 582. The van der Waals surface area contributed by atoms with Gasteiger partial charge in [-0.25, -0.2) is 9.97 Å². The van der Waals surface area contributed by atoms with E-state index in [1.54, 1.807) is 6.20 Å². The molecule has 4 nitrogen and oxygen atoms in total. The molecule has 104 valence electrons. The smallest absolute Gasteiger partial charge is 0.180 e. The quantitative estimate of drug-likeness (QED) is 0.858. The summed E-state index contributed by atoms with van der Waals surface area (Å²) in [6, 6.07) is 7.97. The summed E-state index contributed by atoms with van der Waals surface area (Å²) in [5.74, 6) is 2.52. The fourth-order valence-corrected chi connectivity index (χ4v) is 2.58. The number of aryl methyl sites for hydroxylation is 1. The zero-order valence-corrected chi connectivity index (χ0v) is 12.1. The molecular formula is C16H20N4. The maximum atomic E-state index is 4.72. The average molecular weight is 268 g/mol. The predicted octanol–water partition coefficient (Wildman–Crippen LogP) is 2.95. The number of hydrogen-bond donors (Lipinski definition) is 0. The molecule has 20 heavy (non-hydrogen) atoms. The first-order valence-corrected chi connectivity index (χ1v) is 7.30. The van der Waals surface area contributed by atoms with Crippen LogP contribution in [0.2, 0.25) is 0 Å². The van der Waals surface area contributed by atoms with Crippen LogP contribution in [0.1, 0.15) is 26.0 Å². The molecule has 0 aliphatic carbocycles. The van der Waals surface area contributed by atoms with E-state index in [-0.39, 0.29) is 0 Å². The number of pyridine rings is 1. The van der Waals surface area contributed by atoms with E-state index in [0.717, 1.165) is 48.5 Å².